The molecule has 7 nitrogen and oxygen atoms in total. The molecular formula is C13H16N2O5S. The molecule has 2 heterocycles. The molecule has 0 aliphatic heterocycles. The lowest BCUT2D eigenvalue weighted by molar-refractivity contribution is 0.0692. The van der Waals surface area contributed by atoms with E-state index in [2.05, 4.69) is 0 Å². The molecule has 0 aliphatic carbocycles. The van der Waals surface area contributed by atoms with E-state index in [1.807, 2.05) is 0 Å². The molecule has 1 amide bonds. The predicted octanol–water partition coefficient (Wildman–Crippen LogP) is 1.66. The number of carbonyl (C=O) groups excluding carboxylic acids is 1. The molecule has 0 saturated carbocycles. The van der Waals surface area contributed by atoms with Gasteiger partial charge in [0.25, 0.3) is 5.91 Å². The number of sulfonamides is 1. The lowest BCUT2D eigenvalue weighted by Crippen LogP contribution is -2.29. The number of primary sulfonamides is 1. The van der Waals surface area contributed by atoms with Gasteiger partial charge in [0.2, 0.25) is 10.0 Å². The highest BCUT2D eigenvalue weighted by Crippen LogP contribution is 2.24. The third-order valence-electron chi connectivity index (χ3n) is 3.25. The van der Waals surface area contributed by atoms with Gasteiger partial charge in [-0.2, -0.15) is 0 Å². The summed E-state index contributed by atoms with van der Waals surface area (Å²) >= 11 is 0. The van der Waals surface area contributed by atoms with E-state index >= 15 is 0 Å². The average Bonchev–Trinajstić information content (AvgIpc) is 3.04. The Hall–Kier alpha value is -2.06. The molecule has 1 atom stereocenters. The first-order chi connectivity index (χ1) is 9.71. The van der Waals surface area contributed by atoms with Crippen molar-refractivity contribution < 1.29 is 22.0 Å². The fraction of sp³-hybridized carbons (Fsp3) is 0.308. The molecule has 21 heavy (non-hydrogen) atoms. The molecule has 0 aliphatic rings. The Morgan fingerprint density at radius 2 is 2.10 bits per heavy atom. The zero-order valence-electron chi connectivity index (χ0n) is 11.9. The van der Waals surface area contributed by atoms with Crippen LogP contribution in [0.5, 0.6) is 0 Å². The quantitative estimate of drug-likeness (QED) is 0.924. The predicted molar refractivity (Wildman–Crippen MR) is 74.0 cm³/mol. The molecule has 2 rings (SSSR count). The largest absolute Gasteiger partial charge is 0.467 e. The number of nitrogens with two attached hydrogens (primary N) is 1. The van der Waals surface area contributed by atoms with Crippen molar-refractivity contribution in [3.8, 4) is 0 Å². The van der Waals surface area contributed by atoms with E-state index in [9.17, 15) is 13.2 Å². The van der Waals surface area contributed by atoms with Crippen LogP contribution in [0.25, 0.3) is 0 Å². The van der Waals surface area contributed by atoms with Gasteiger partial charge >= 0.3 is 0 Å². The molecular weight excluding hydrogens is 296 g/mol. The molecule has 114 valence electrons. The zero-order valence-corrected chi connectivity index (χ0v) is 12.7. The molecule has 0 radical (unpaired) electrons. The topological polar surface area (TPSA) is 107 Å². The van der Waals surface area contributed by atoms with Gasteiger partial charge in [0, 0.05) is 13.1 Å². The summed E-state index contributed by atoms with van der Waals surface area (Å²) in [5.74, 6) is 0.148. The Balaban J connectivity index is 2.28. The number of aryl methyl sites for hydroxylation is 1. The fourth-order valence-corrected chi connectivity index (χ4v) is 2.64. The van der Waals surface area contributed by atoms with Crippen LogP contribution in [-0.4, -0.2) is 26.3 Å². The molecule has 0 unspecified atom stereocenters. The average molecular weight is 312 g/mol. The number of hydrogen-bond donors (Lipinski definition) is 1. The number of rotatable bonds is 4. The van der Waals surface area contributed by atoms with Gasteiger partial charge in [-0.3, -0.25) is 4.79 Å². The molecule has 0 bridgehead atoms. The lowest BCUT2D eigenvalue weighted by Gasteiger charge is -2.22. The van der Waals surface area contributed by atoms with Crippen molar-refractivity contribution >= 4 is 15.9 Å². The van der Waals surface area contributed by atoms with Crippen molar-refractivity contribution in [3.05, 3.63) is 41.7 Å². The van der Waals surface area contributed by atoms with Crippen LogP contribution < -0.4 is 5.14 Å². The van der Waals surface area contributed by atoms with Gasteiger partial charge in [0.1, 0.15) is 16.4 Å². The van der Waals surface area contributed by atoms with Crippen molar-refractivity contribution in [2.24, 2.45) is 5.14 Å². The van der Waals surface area contributed by atoms with E-state index in [-0.39, 0.29) is 22.5 Å². The van der Waals surface area contributed by atoms with Crippen LogP contribution in [0.4, 0.5) is 0 Å². The third kappa shape index (κ3) is 3.01. The van der Waals surface area contributed by atoms with Crippen LogP contribution in [0.2, 0.25) is 0 Å². The smallest absolute Gasteiger partial charge is 0.289 e. The van der Waals surface area contributed by atoms with E-state index in [0.717, 1.165) is 6.07 Å². The molecule has 0 spiro atoms. The summed E-state index contributed by atoms with van der Waals surface area (Å²) in [7, 11) is -2.34. The highest BCUT2D eigenvalue weighted by atomic mass is 32.2. The highest BCUT2D eigenvalue weighted by Gasteiger charge is 2.26. The maximum absolute atomic E-state index is 12.3. The number of carbonyl (C=O) groups is 1. The van der Waals surface area contributed by atoms with Gasteiger partial charge in [-0.05, 0) is 26.0 Å². The van der Waals surface area contributed by atoms with Crippen LogP contribution in [-0.2, 0) is 10.0 Å². The summed E-state index contributed by atoms with van der Waals surface area (Å²) in [5.41, 5.74) is 0. The van der Waals surface area contributed by atoms with Crippen LogP contribution >= 0.6 is 0 Å². The zero-order chi connectivity index (χ0) is 15.8. The van der Waals surface area contributed by atoms with Gasteiger partial charge in [-0.15, -0.1) is 0 Å². The normalized spacial score (nSPS) is 13.1. The van der Waals surface area contributed by atoms with Crippen LogP contribution in [0.1, 0.15) is 35.0 Å². The SMILES string of the molecule is Cc1oc(C(=O)N(C)[C@H](C)c2ccco2)cc1S(N)(=O)=O. The van der Waals surface area contributed by atoms with Crippen molar-refractivity contribution in [1.29, 1.82) is 0 Å². The van der Waals surface area contributed by atoms with Gasteiger partial charge in [-0.1, -0.05) is 0 Å². The Labute approximate surface area is 122 Å². The summed E-state index contributed by atoms with van der Waals surface area (Å²) < 4.78 is 33.2. The van der Waals surface area contributed by atoms with Gasteiger partial charge in [0.15, 0.2) is 5.76 Å². The number of hydrogen-bond acceptors (Lipinski definition) is 5. The van der Waals surface area contributed by atoms with Crippen molar-refractivity contribution in [3.63, 3.8) is 0 Å². The maximum Gasteiger partial charge on any atom is 0.289 e. The first-order valence-electron chi connectivity index (χ1n) is 6.15. The second-order valence-corrected chi connectivity index (χ2v) is 6.21. The van der Waals surface area contributed by atoms with E-state index < -0.39 is 15.9 Å². The first-order valence-corrected chi connectivity index (χ1v) is 7.70. The monoisotopic (exact) mass is 312 g/mol. The van der Waals surface area contributed by atoms with Gasteiger partial charge < -0.3 is 13.7 Å². The van der Waals surface area contributed by atoms with Gasteiger partial charge in [0.05, 0.1) is 12.3 Å². The standard InChI is InChI=1S/C13H16N2O5S/c1-8(10-5-4-6-19-10)15(3)13(16)11-7-12(9(2)20-11)21(14,17)18/h4-8H,1-3H3,(H2,14,17,18)/t8-/m1/s1. The molecule has 2 aromatic heterocycles. The second kappa shape index (κ2) is 5.38. The van der Waals surface area contributed by atoms with Crippen molar-refractivity contribution in [1.82, 2.24) is 4.90 Å². The summed E-state index contributed by atoms with van der Waals surface area (Å²) in [6.07, 6.45) is 1.51. The van der Waals surface area contributed by atoms with Crippen LogP contribution in [0.15, 0.2) is 38.2 Å². The Morgan fingerprint density at radius 3 is 2.57 bits per heavy atom. The molecule has 8 heteroatoms. The second-order valence-electron chi connectivity index (χ2n) is 4.68. The minimum Gasteiger partial charge on any atom is -0.467 e. The van der Waals surface area contributed by atoms with E-state index in [4.69, 9.17) is 14.0 Å². The molecule has 2 N–H and O–H groups in total. The number of amides is 1. The van der Waals surface area contributed by atoms with Crippen LogP contribution in [0.3, 0.4) is 0 Å². The number of furan rings is 2. The molecule has 0 aromatic carbocycles. The highest BCUT2D eigenvalue weighted by molar-refractivity contribution is 7.89. The summed E-state index contributed by atoms with van der Waals surface area (Å²) in [5, 5.41) is 5.06. The van der Waals surface area contributed by atoms with Gasteiger partial charge in [-0.25, -0.2) is 13.6 Å². The van der Waals surface area contributed by atoms with Crippen LogP contribution in [0, 0.1) is 6.92 Å². The first kappa shape index (κ1) is 15.3. The molecule has 0 saturated heterocycles. The minimum atomic E-state index is -3.92. The summed E-state index contributed by atoms with van der Waals surface area (Å²) in [6.45, 7) is 3.22. The Morgan fingerprint density at radius 1 is 1.43 bits per heavy atom. The molecule has 2 aromatic rings. The number of nitrogens with zero attached hydrogens (tertiary/aromatic N) is 1. The van der Waals surface area contributed by atoms with E-state index in [0.29, 0.717) is 5.76 Å². The van der Waals surface area contributed by atoms with E-state index in [1.54, 1.807) is 26.1 Å². The Kier molecular flexibility index (Phi) is 3.93. The Bertz CT molecular complexity index is 746. The third-order valence-corrected chi connectivity index (χ3v) is 4.26. The minimum absolute atomic E-state index is 0.0832. The molecule has 0 fully saturated rings. The van der Waals surface area contributed by atoms with Crippen molar-refractivity contribution in [2.45, 2.75) is 24.8 Å². The summed E-state index contributed by atoms with van der Waals surface area (Å²) in [4.78, 5) is 13.5. The fourth-order valence-electron chi connectivity index (χ4n) is 1.92. The van der Waals surface area contributed by atoms with E-state index in [1.165, 1.54) is 18.1 Å². The lowest BCUT2D eigenvalue weighted by atomic mass is 10.2. The van der Waals surface area contributed by atoms with Crippen molar-refractivity contribution in [2.75, 3.05) is 7.05 Å². The summed E-state index contributed by atoms with van der Waals surface area (Å²) in [6, 6.07) is 4.28. The maximum atomic E-state index is 12.3.